The van der Waals surface area contributed by atoms with Crippen LogP contribution in [0.5, 0.6) is 0 Å². The third-order valence-corrected chi connectivity index (χ3v) is 10.2. The van der Waals surface area contributed by atoms with Crippen LogP contribution >= 0.6 is 11.6 Å². The van der Waals surface area contributed by atoms with Crippen LogP contribution in [0.3, 0.4) is 0 Å². The van der Waals surface area contributed by atoms with Gasteiger partial charge in [-0.3, -0.25) is 23.1 Å². The van der Waals surface area contributed by atoms with Gasteiger partial charge in [-0.25, -0.2) is 19.9 Å². The molecule has 0 bridgehead atoms. The fourth-order valence-corrected chi connectivity index (χ4v) is 7.15. The molecule has 0 spiro atoms. The fourth-order valence-electron chi connectivity index (χ4n) is 6.85. The van der Waals surface area contributed by atoms with Crippen molar-refractivity contribution >= 4 is 33.4 Å². The first kappa shape index (κ1) is 36.6. The Morgan fingerprint density at radius 1 is 0.833 bits per heavy atom. The van der Waals surface area contributed by atoms with Crippen LogP contribution in [-0.2, 0) is 19.5 Å². The second-order valence-corrected chi connectivity index (χ2v) is 14.4. The Kier molecular flexibility index (Phi) is 10.1. The minimum Gasteiger partial charge on any atom is -0.296 e. The fraction of sp³-hybridized carbons (Fsp3) is 0.286. The number of fused-ring (bicyclic) bond motifs is 4. The molecule has 0 fully saturated rings. The number of pyridine rings is 2. The van der Waals surface area contributed by atoms with E-state index in [1.807, 2.05) is 43.3 Å². The molecule has 0 saturated heterocycles. The molecule has 3 atom stereocenters. The zero-order chi connectivity index (χ0) is 38.0. The lowest BCUT2D eigenvalue weighted by atomic mass is 9.84. The number of benzene rings is 2. The Balaban J connectivity index is 0.000000167. The largest absolute Gasteiger partial charge is 0.325 e. The first-order chi connectivity index (χ1) is 25.9. The Morgan fingerprint density at radius 3 is 1.94 bits per heavy atom. The van der Waals surface area contributed by atoms with Crippen LogP contribution in [0.4, 0.5) is 13.2 Å². The van der Waals surface area contributed by atoms with Crippen LogP contribution in [0.15, 0.2) is 94.8 Å². The van der Waals surface area contributed by atoms with Gasteiger partial charge in [0.15, 0.2) is 0 Å². The van der Waals surface area contributed by atoms with Gasteiger partial charge in [-0.15, -0.1) is 0 Å². The normalized spacial score (nSPS) is 18.9. The minimum absolute atomic E-state index is 0.103. The molecular weight excluding hydrogens is 713 g/mol. The predicted octanol–water partition coefficient (Wildman–Crippen LogP) is 7.26. The topological polar surface area (TPSA) is 95.6 Å². The van der Waals surface area contributed by atoms with Crippen LogP contribution in [0.25, 0.3) is 21.8 Å². The Bertz CT molecular complexity index is 2620. The van der Waals surface area contributed by atoms with Gasteiger partial charge in [-0.05, 0) is 96.9 Å². The van der Waals surface area contributed by atoms with Crippen LogP contribution in [-0.4, -0.2) is 41.1 Å². The van der Waals surface area contributed by atoms with Crippen molar-refractivity contribution in [2.75, 3.05) is 6.67 Å². The van der Waals surface area contributed by atoms with Gasteiger partial charge < -0.3 is 0 Å². The van der Waals surface area contributed by atoms with Gasteiger partial charge in [0, 0.05) is 60.3 Å². The van der Waals surface area contributed by atoms with E-state index in [-0.39, 0.29) is 24.1 Å². The zero-order valence-corrected chi connectivity index (χ0v) is 30.2. The maximum Gasteiger partial charge on any atom is 0.325 e. The van der Waals surface area contributed by atoms with E-state index in [1.165, 1.54) is 4.57 Å². The highest BCUT2D eigenvalue weighted by atomic mass is 35.5. The molecule has 8 nitrogen and oxygen atoms in total. The van der Waals surface area contributed by atoms with E-state index in [4.69, 9.17) is 11.6 Å². The zero-order valence-electron chi connectivity index (χ0n) is 29.5. The molecule has 54 heavy (non-hydrogen) atoms. The summed E-state index contributed by atoms with van der Waals surface area (Å²) in [4.78, 5) is 43.1. The van der Waals surface area contributed by atoms with Gasteiger partial charge in [0.05, 0.1) is 28.5 Å². The number of halogens is 4. The van der Waals surface area contributed by atoms with Crippen molar-refractivity contribution in [1.29, 1.82) is 0 Å². The first-order valence-corrected chi connectivity index (χ1v) is 17.9. The highest BCUT2D eigenvalue weighted by Crippen LogP contribution is 2.43. The maximum atomic E-state index is 13.7. The highest BCUT2D eigenvalue weighted by Gasteiger charge is 2.44. The Hall–Kier alpha value is -5.78. The van der Waals surface area contributed by atoms with E-state index in [9.17, 15) is 22.8 Å². The average Bonchev–Trinajstić information content (AvgIpc) is 3.18. The molecule has 0 amide bonds. The molecule has 2 aliphatic heterocycles. The van der Waals surface area contributed by atoms with Crippen molar-refractivity contribution in [3.8, 4) is 23.7 Å². The van der Waals surface area contributed by atoms with Crippen LogP contribution in [0, 0.1) is 35.0 Å². The van der Waals surface area contributed by atoms with Crippen molar-refractivity contribution in [2.24, 2.45) is 11.3 Å². The van der Waals surface area contributed by atoms with E-state index in [0.29, 0.717) is 64.0 Å². The van der Waals surface area contributed by atoms with Gasteiger partial charge in [0.1, 0.15) is 23.0 Å². The number of nitrogens with zero attached hydrogens (tertiary/aromatic N) is 6. The van der Waals surface area contributed by atoms with Crippen molar-refractivity contribution in [3.05, 3.63) is 140 Å². The summed E-state index contributed by atoms with van der Waals surface area (Å²) >= 11 is 5.28. The molecule has 0 saturated carbocycles. The van der Waals surface area contributed by atoms with Gasteiger partial charge in [-0.2, -0.15) is 8.78 Å². The number of hydrogen-bond donors (Lipinski definition) is 0. The molecule has 0 aliphatic carbocycles. The van der Waals surface area contributed by atoms with E-state index in [2.05, 4.69) is 43.6 Å². The smallest absolute Gasteiger partial charge is 0.296 e. The predicted molar refractivity (Wildman–Crippen MR) is 202 cm³/mol. The molecule has 4 aromatic heterocycles. The SMILES string of the molecule is CC1(CF)CCc2nc3cc(C#Cc4ccccn4)ccc3c(=O)n2C1.CC1c2nc3cc(C#Cc4ccccn4)ccc3c(=O)n2CCC1C(F)(F)Cl. The number of rotatable bonds is 2. The second-order valence-electron chi connectivity index (χ2n) is 13.9. The van der Waals surface area contributed by atoms with E-state index in [0.717, 1.165) is 11.4 Å². The molecule has 272 valence electrons. The summed E-state index contributed by atoms with van der Waals surface area (Å²) < 4.78 is 43.9. The highest BCUT2D eigenvalue weighted by molar-refractivity contribution is 6.21. The molecule has 3 unspecified atom stereocenters. The summed E-state index contributed by atoms with van der Waals surface area (Å²) in [5.41, 5.74) is 3.02. The third-order valence-electron chi connectivity index (χ3n) is 9.93. The van der Waals surface area contributed by atoms with Crippen LogP contribution < -0.4 is 11.1 Å². The van der Waals surface area contributed by atoms with Gasteiger partial charge in [0.25, 0.3) is 11.1 Å². The van der Waals surface area contributed by atoms with Crippen molar-refractivity contribution in [3.63, 3.8) is 0 Å². The maximum absolute atomic E-state index is 13.7. The minimum atomic E-state index is -3.34. The molecule has 2 aliphatic rings. The molecule has 0 radical (unpaired) electrons. The quantitative estimate of drug-likeness (QED) is 0.137. The lowest BCUT2D eigenvalue weighted by Gasteiger charge is -2.33. The van der Waals surface area contributed by atoms with E-state index >= 15 is 0 Å². The van der Waals surface area contributed by atoms with Crippen molar-refractivity contribution in [2.45, 2.75) is 57.5 Å². The lowest BCUT2D eigenvalue weighted by Crippen LogP contribution is -2.39. The van der Waals surface area contributed by atoms with Crippen molar-refractivity contribution < 1.29 is 13.2 Å². The Morgan fingerprint density at radius 2 is 1.41 bits per heavy atom. The average molecular weight is 747 g/mol. The second kappa shape index (κ2) is 14.9. The molecular formula is C42H34ClF3N6O2. The summed E-state index contributed by atoms with van der Waals surface area (Å²) in [5, 5.41) is -2.36. The summed E-state index contributed by atoms with van der Waals surface area (Å²) in [5.74, 6) is 11.4. The first-order valence-electron chi connectivity index (χ1n) is 17.5. The Labute approximate surface area is 314 Å². The van der Waals surface area contributed by atoms with Crippen molar-refractivity contribution in [1.82, 2.24) is 29.1 Å². The van der Waals surface area contributed by atoms with Crippen LogP contribution in [0.2, 0.25) is 0 Å². The molecule has 0 N–H and O–H groups in total. The number of aromatic nitrogens is 6. The molecule has 6 aromatic rings. The third kappa shape index (κ3) is 7.64. The van der Waals surface area contributed by atoms with E-state index < -0.39 is 29.3 Å². The summed E-state index contributed by atoms with van der Waals surface area (Å²) in [7, 11) is 0. The summed E-state index contributed by atoms with van der Waals surface area (Å²) in [6, 6.07) is 21.5. The summed E-state index contributed by atoms with van der Waals surface area (Å²) in [6.45, 7) is 3.63. The molecule has 2 aromatic carbocycles. The monoisotopic (exact) mass is 746 g/mol. The standard InChI is InChI=1S/C21H16ClF2N3O.C21H18FN3O/c1-13-17(21(22,23)24)9-11-27-19(13)26-18-12-14(6-8-16(18)20(27)28)5-7-15-4-2-3-10-25-15;1-21(13-22)10-9-19-24-18-12-15(5-7-16-4-2-3-11-23-16)6-8-17(18)20(26)25(19)14-21/h2-4,6,8,10,12-13,17H,9,11H2,1H3;2-4,6,8,11-12H,9-10,13-14H2,1H3. The van der Waals surface area contributed by atoms with Gasteiger partial charge in [0.2, 0.25) is 0 Å². The van der Waals surface area contributed by atoms with E-state index in [1.54, 1.807) is 60.3 Å². The lowest BCUT2D eigenvalue weighted by molar-refractivity contribution is 0.00291. The van der Waals surface area contributed by atoms with Gasteiger partial charge in [-0.1, -0.05) is 37.8 Å². The number of aryl methyl sites for hydroxylation is 1. The molecule has 12 heteroatoms. The van der Waals surface area contributed by atoms with Crippen LogP contribution in [0.1, 0.15) is 66.8 Å². The summed E-state index contributed by atoms with van der Waals surface area (Å²) in [6.07, 6.45) is 4.79. The molecule has 6 heterocycles. The number of hydrogen-bond acceptors (Lipinski definition) is 6. The number of alkyl halides is 4. The molecule has 8 rings (SSSR count). The van der Waals surface area contributed by atoms with Gasteiger partial charge >= 0.3 is 5.38 Å².